The molecule has 0 aromatic heterocycles. The Kier molecular flexibility index (Phi) is 4.06. The van der Waals surface area contributed by atoms with Crippen LogP contribution in [0, 0.1) is 0 Å². The van der Waals surface area contributed by atoms with Gasteiger partial charge in [0.1, 0.15) is 12.6 Å². The van der Waals surface area contributed by atoms with Crippen molar-refractivity contribution in [1.29, 1.82) is 0 Å². The second-order valence-electron chi connectivity index (χ2n) is 4.07. The van der Waals surface area contributed by atoms with E-state index in [0.717, 1.165) is 5.56 Å². The molecule has 0 saturated carbocycles. The zero-order valence-corrected chi connectivity index (χ0v) is 9.81. The van der Waals surface area contributed by atoms with Gasteiger partial charge in [0.25, 0.3) is 0 Å². The Morgan fingerprint density at radius 3 is 2.63 bits per heavy atom. The molecule has 2 atom stereocenters. The van der Waals surface area contributed by atoms with E-state index in [4.69, 9.17) is 4.74 Å². The van der Waals surface area contributed by atoms with Crippen molar-refractivity contribution in [3.63, 3.8) is 0 Å². The second kappa shape index (κ2) is 5.58. The first-order valence-electron chi connectivity index (χ1n) is 5.62. The van der Waals surface area contributed by atoms with E-state index in [9.17, 15) is 18.0 Å². The Morgan fingerprint density at radius 1 is 1.37 bits per heavy atom. The first kappa shape index (κ1) is 13.8. The lowest BCUT2D eigenvalue weighted by atomic mass is 10.2. The highest BCUT2D eigenvalue weighted by Crippen LogP contribution is 2.24. The molecule has 1 fully saturated rings. The molecule has 1 N–H and O–H groups in total. The molecule has 19 heavy (non-hydrogen) atoms. The Morgan fingerprint density at radius 2 is 2.05 bits per heavy atom. The van der Waals surface area contributed by atoms with Gasteiger partial charge in [0, 0.05) is 0 Å². The van der Waals surface area contributed by atoms with E-state index in [1.54, 1.807) is 24.3 Å². The smallest absolute Gasteiger partial charge is 0.428 e. The SMILES string of the molecule is O=C(OCc1ccccc1)[C@@H]1CO[C@H](C(F)(F)F)N1. The number of carbonyl (C=O) groups is 1. The molecule has 2 rings (SSSR count). The number of hydrogen-bond donors (Lipinski definition) is 1. The summed E-state index contributed by atoms with van der Waals surface area (Å²) >= 11 is 0. The fourth-order valence-electron chi connectivity index (χ4n) is 1.63. The first-order valence-corrected chi connectivity index (χ1v) is 5.62. The molecule has 0 radical (unpaired) electrons. The molecule has 1 aromatic rings. The maximum Gasteiger partial charge on any atom is 0.428 e. The summed E-state index contributed by atoms with van der Waals surface area (Å²) in [5, 5.41) is 2.05. The van der Waals surface area contributed by atoms with Gasteiger partial charge in [-0.15, -0.1) is 0 Å². The highest BCUT2D eigenvalue weighted by Gasteiger charge is 2.47. The maximum atomic E-state index is 12.3. The van der Waals surface area contributed by atoms with E-state index in [-0.39, 0.29) is 13.2 Å². The van der Waals surface area contributed by atoms with Gasteiger partial charge in [0.2, 0.25) is 6.23 Å². The molecule has 1 saturated heterocycles. The van der Waals surface area contributed by atoms with Gasteiger partial charge in [-0.05, 0) is 5.56 Å². The molecule has 1 heterocycles. The number of benzene rings is 1. The van der Waals surface area contributed by atoms with E-state index in [1.807, 2.05) is 11.4 Å². The highest BCUT2D eigenvalue weighted by atomic mass is 19.4. The molecule has 1 aliphatic heterocycles. The third kappa shape index (κ3) is 3.68. The Bertz CT molecular complexity index is 436. The number of esters is 1. The average Bonchev–Trinajstić information content (AvgIpc) is 2.87. The van der Waals surface area contributed by atoms with Crippen LogP contribution in [0.2, 0.25) is 0 Å². The van der Waals surface area contributed by atoms with E-state index >= 15 is 0 Å². The monoisotopic (exact) mass is 275 g/mol. The van der Waals surface area contributed by atoms with Crippen molar-refractivity contribution < 1.29 is 27.4 Å². The van der Waals surface area contributed by atoms with Gasteiger partial charge in [-0.3, -0.25) is 10.1 Å². The second-order valence-corrected chi connectivity index (χ2v) is 4.07. The van der Waals surface area contributed by atoms with Gasteiger partial charge < -0.3 is 9.47 Å². The normalized spacial score (nSPS) is 23.3. The molecule has 7 heteroatoms. The fourth-order valence-corrected chi connectivity index (χ4v) is 1.63. The van der Waals surface area contributed by atoms with Crippen molar-refractivity contribution in [2.45, 2.75) is 25.1 Å². The van der Waals surface area contributed by atoms with Crippen molar-refractivity contribution in [3.05, 3.63) is 35.9 Å². The number of carbonyl (C=O) groups excluding carboxylic acids is 1. The summed E-state index contributed by atoms with van der Waals surface area (Å²) in [6.45, 7) is -0.327. The molecule has 0 unspecified atom stereocenters. The summed E-state index contributed by atoms with van der Waals surface area (Å²) in [6, 6.07) is 7.79. The van der Waals surface area contributed by atoms with E-state index in [1.165, 1.54) is 0 Å². The van der Waals surface area contributed by atoms with E-state index in [2.05, 4.69) is 4.74 Å². The van der Waals surface area contributed by atoms with Crippen LogP contribution in [-0.2, 0) is 20.9 Å². The van der Waals surface area contributed by atoms with Crippen LogP contribution in [0.15, 0.2) is 30.3 Å². The zero-order chi connectivity index (χ0) is 13.9. The molecule has 0 amide bonds. The quantitative estimate of drug-likeness (QED) is 0.851. The molecule has 104 valence electrons. The summed E-state index contributed by atoms with van der Waals surface area (Å²) in [7, 11) is 0. The predicted octanol–water partition coefficient (Wildman–Crippen LogP) is 1.61. The third-order valence-corrected chi connectivity index (χ3v) is 2.59. The summed E-state index contributed by atoms with van der Waals surface area (Å²) in [5.74, 6) is -0.754. The van der Waals surface area contributed by atoms with Crippen LogP contribution < -0.4 is 5.32 Å². The van der Waals surface area contributed by atoms with Crippen LogP contribution in [0.1, 0.15) is 5.56 Å². The van der Waals surface area contributed by atoms with Gasteiger partial charge in [-0.1, -0.05) is 30.3 Å². The lowest BCUT2D eigenvalue weighted by molar-refractivity contribution is -0.212. The standard InChI is InChI=1S/C12H12F3NO3/c13-12(14,15)11-16-9(7-19-11)10(17)18-6-8-4-2-1-3-5-8/h1-5,9,11,16H,6-7H2/t9-,11+/m0/s1. The maximum absolute atomic E-state index is 12.3. The summed E-state index contributed by atoms with van der Waals surface area (Å²) < 4.78 is 46.3. The number of alkyl halides is 3. The van der Waals surface area contributed by atoms with Crippen LogP contribution in [0.5, 0.6) is 0 Å². The molecule has 0 aliphatic carbocycles. The van der Waals surface area contributed by atoms with Crippen LogP contribution in [0.25, 0.3) is 0 Å². The zero-order valence-electron chi connectivity index (χ0n) is 9.81. The lowest BCUT2D eigenvalue weighted by Gasteiger charge is -2.14. The molecule has 0 bridgehead atoms. The van der Waals surface area contributed by atoms with Crippen LogP contribution in [0.3, 0.4) is 0 Å². The minimum absolute atomic E-state index is 0.0224. The number of nitrogens with one attached hydrogen (secondary N) is 1. The van der Waals surface area contributed by atoms with E-state index in [0.29, 0.717) is 0 Å². The Balaban J connectivity index is 1.82. The van der Waals surface area contributed by atoms with Gasteiger partial charge >= 0.3 is 12.1 Å². The number of rotatable bonds is 3. The Hall–Kier alpha value is -1.60. The van der Waals surface area contributed by atoms with Crippen molar-refractivity contribution in [2.24, 2.45) is 0 Å². The Labute approximate surface area is 107 Å². The number of ether oxygens (including phenoxy) is 2. The summed E-state index contributed by atoms with van der Waals surface area (Å²) in [5.41, 5.74) is 0.766. The minimum atomic E-state index is -4.53. The fraction of sp³-hybridized carbons (Fsp3) is 0.417. The third-order valence-electron chi connectivity index (χ3n) is 2.59. The molecular weight excluding hydrogens is 263 g/mol. The topological polar surface area (TPSA) is 47.6 Å². The van der Waals surface area contributed by atoms with Crippen molar-refractivity contribution in [3.8, 4) is 0 Å². The summed E-state index contributed by atoms with van der Waals surface area (Å²) in [6.07, 6.45) is -6.64. The van der Waals surface area contributed by atoms with Crippen molar-refractivity contribution in [1.82, 2.24) is 5.32 Å². The van der Waals surface area contributed by atoms with Gasteiger partial charge in [0.05, 0.1) is 6.61 Å². The molecular formula is C12H12F3NO3. The van der Waals surface area contributed by atoms with E-state index < -0.39 is 24.4 Å². The molecule has 4 nitrogen and oxygen atoms in total. The minimum Gasteiger partial charge on any atom is -0.460 e. The van der Waals surface area contributed by atoms with Crippen LogP contribution in [-0.4, -0.2) is 31.0 Å². The lowest BCUT2D eigenvalue weighted by Crippen LogP contribution is -2.44. The predicted molar refractivity (Wildman–Crippen MR) is 59.0 cm³/mol. The molecule has 0 spiro atoms. The molecule has 1 aromatic carbocycles. The van der Waals surface area contributed by atoms with Crippen LogP contribution in [0.4, 0.5) is 13.2 Å². The first-order chi connectivity index (χ1) is 8.97. The number of hydrogen-bond acceptors (Lipinski definition) is 4. The van der Waals surface area contributed by atoms with Crippen molar-refractivity contribution >= 4 is 5.97 Å². The van der Waals surface area contributed by atoms with Gasteiger partial charge in [-0.25, -0.2) is 0 Å². The van der Waals surface area contributed by atoms with Crippen LogP contribution >= 0.6 is 0 Å². The number of halogens is 3. The van der Waals surface area contributed by atoms with Gasteiger partial charge in [0.15, 0.2) is 0 Å². The average molecular weight is 275 g/mol. The van der Waals surface area contributed by atoms with Gasteiger partial charge in [-0.2, -0.15) is 13.2 Å². The summed E-state index contributed by atoms with van der Waals surface area (Å²) in [4.78, 5) is 11.6. The largest absolute Gasteiger partial charge is 0.460 e. The highest BCUT2D eigenvalue weighted by molar-refractivity contribution is 5.76. The van der Waals surface area contributed by atoms with Crippen molar-refractivity contribution in [2.75, 3.05) is 6.61 Å². The molecule has 1 aliphatic rings.